The van der Waals surface area contributed by atoms with Gasteiger partial charge in [0, 0.05) is 18.5 Å². The third-order valence-electron chi connectivity index (χ3n) is 3.21. The van der Waals surface area contributed by atoms with E-state index in [2.05, 4.69) is 22.0 Å². The van der Waals surface area contributed by atoms with Crippen molar-refractivity contribution in [2.24, 2.45) is 0 Å². The summed E-state index contributed by atoms with van der Waals surface area (Å²) in [6, 6.07) is 10.3. The fourth-order valence-electron chi connectivity index (χ4n) is 2.14. The number of rotatable bonds is 8. The third kappa shape index (κ3) is 5.19. The van der Waals surface area contributed by atoms with E-state index in [-0.39, 0.29) is 6.42 Å². The van der Waals surface area contributed by atoms with Gasteiger partial charge in [0.15, 0.2) is 5.13 Å². The molecule has 0 saturated carbocycles. The number of aromatic nitrogens is 1. The molecule has 21 heavy (non-hydrogen) atoms. The molecule has 1 aromatic carbocycles. The summed E-state index contributed by atoms with van der Waals surface area (Å²) in [5, 5.41) is 11.8. The Morgan fingerprint density at radius 2 is 2.05 bits per heavy atom. The van der Waals surface area contributed by atoms with E-state index in [1.54, 1.807) is 11.3 Å². The number of carboxylic acid groups (broad SMARTS) is 1. The first-order chi connectivity index (χ1) is 10.1. The van der Waals surface area contributed by atoms with Crippen molar-refractivity contribution < 1.29 is 9.90 Å². The van der Waals surface area contributed by atoms with Gasteiger partial charge in [-0.15, -0.1) is 11.3 Å². The van der Waals surface area contributed by atoms with Gasteiger partial charge in [0.25, 0.3) is 0 Å². The lowest BCUT2D eigenvalue weighted by Crippen LogP contribution is -2.27. The summed E-state index contributed by atoms with van der Waals surface area (Å²) in [6.45, 7) is 3.30. The molecule has 2 rings (SSSR count). The van der Waals surface area contributed by atoms with Crippen LogP contribution < -0.4 is 4.90 Å². The van der Waals surface area contributed by atoms with E-state index < -0.39 is 5.97 Å². The number of hydrogen-bond donors (Lipinski definition) is 1. The molecule has 0 unspecified atom stereocenters. The highest BCUT2D eigenvalue weighted by molar-refractivity contribution is 7.13. The number of anilines is 1. The van der Waals surface area contributed by atoms with Crippen molar-refractivity contribution in [2.45, 2.75) is 26.2 Å². The molecular formula is C16H20N2O2S. The molecule has 0 saturated heterocycles. The number of thiazole rings is 1. The van der Waals surface area contributed by atoms with Gasteiger partial charge in [0.2, 0.25) is 0 Å². The lowest BCUT2D eigenvalue weighted by atomic mass is 10.1. The molecule has 112 valence electrons. The molecule has 4 nitrogen and oxygen atoms in total. The van der Waals surface area contributed by atoms with Crippen molar-refractivity contribution in [1.29, 1.82) is 0 Å². The normalized spacial score (nSPS) is 10.5. The monoisotopic (exact) mass is 304 g/mol. The highest BCUT2D eigenvalue weighted by atomic mass is 32.1. The van der Waals surface area contributed by atoms with Gasteiger partial charge in [-0.2, -0.15) is 0 Å². The largest absolute Gasteiger partial charge is 0.481 e. The summed E-state index contributed by atoms with van der Waals surface area (Å²) >= 11 is 1.58. The molecular weight excluding hydrogens is 284 g/mol. The van der Waals surface area contributed by atoms with Gasteiger partial charge in [-0.05, 0) is 25.3 Å². The lowest BCUT2D eigenvalue weighted by molar-refractivity contribution is -0.136. The molecule has 0 radical (unpaired) electrons. The first-order valence-electron chi connectivity index (χ1n) is 7.08. The first-order valence-corrected chi connectivity index (χ1v) is 7.96. The highest BCUT2D eigenvalue weighted by Gasteiger charge is 2.11. The Bertz CT molecular complexity index is 569. The molecule has 0 aliphatic heterocycles. The van der Waals surface area contributed by atoms with Gasteiger partial charge in [0.1, 0.15) is 0 Å². The molecule has 0 bridgehead atoms. The van der Waals surface area contributed by atoms with Gasteiger partial charge in [0.05, 0.1) is 12.1 Å². The van der Waals surface area contributed by atoms with Crippen molar-refractivity contribution in [3.05, 3.63) is 47.0 Å². The molecule has 0 spiro atoms. The van der Waals surface area contributed by atoms with E-state index in [9.17, 15) is 4.79 Å². The van der Waals surface area contributed by atoms with E-state index in [4.69, 9.17) is 5.11 Å². The van der Waals surface area contributed by atoms with Crippen molar-refractivity contribution >= 4 is 22.4 Å². The average molecular weight is 304 g/mol. The van der Waals surface area contributed by atoms with Crippen LogP contribution in [0.15, 0.2) is 35.7 Å². The molecule has 0 aliphatic rings. The molecule has 0 atom stereocenters. The predicted octanol–water partition coefficient (Wildman–Crippen LogP) is 3.37. The van der Waals surface area contributed by atoms with Gasteiger partial charge < -0.3 is 10.0 Å². The molecule has 1 aromatic heterocycles. The van der Waals surface area contributed by atoms with Gasteiger partial charge >= 0.3 is 5.97 Å². The lowest BCUT2D eigenvalue weighted by Gasteiger charge is -2.21. The second kappa shape index (κ2) is 7.78. The topological polar surface area (TPSA) is 53.4 Å². The van der Waals surface area contributed by atoms with Crippen LogP contribution in [0.5, 0.6) is 0 Å². The minimum atomic E-state index is -0.767. The maximum Gasteiger partial charge on any atom is 0.305 e. The van der Waals surface area contributed by atoms with E-state index in [0.29, 0.717) is 6.54 Å². The molecule has 5 heteroatoms. The van der Waals surface area contributed by atoms with Crippen LogP contribution in [0.2, 0.25) is 0 Å². The molecule has 2 aromatic rings. The Kier molecular flexibility index (Phi) is 5.75. The minimum absolute atomic E-state index is 0.143. The van der Waals surface area contributed by atoms with Crippen LogP contribution >= 0.6 is 11.3 Å². The minimum Gasteiger partial charge on any atom is -0.481 e. The van der Waals surface area contributed by atoms with E-state index >= 15 is 0 Å². The van der Waals surface area contributed by atoms with Crippen molar-refractivity contribution in [2.75, 3.05) is 18.0 Å². The fraction of sp³-hybridized carbons (Fsp3) is 0.375. The van der Waals surface area contributed by atoms with Gasteiger partial charge in [-0.3, -0.25) is 4.79 Å². The number of benzene rings is 1. The Morgan fingerprint density at radius 3 is 2.67 bits per heavy atom. The van der Waals surface area contributed by atoms with Gasteiger partial charge in [-0.1, -0.05) is 30.3 Å². The number of carbonyl (C=O) groups is 1. The van der Waals surface area contributed by atoms with Crippen LogP contribution in [0.25, 0.3) is 0 Å². The summed E-state index contributed by atoms with van der Waals surface area (Å²) in [4.78, 5) is 17.3. The van der Waals surface area contributed by atoms with Crippen LogP contribution in [0.4, 0.5) is 5.13 Å². The van der Waals surface area contributed by atoms with Crippen molar-refractivity contribution in [3.63, 3.8) is 0 Å². The zero-order valence-corrected chi connectivity index (χ0v) is 13.0. The maximum absolute atomic E-state index is 10.8. The number of nitrogens with zero attached hydrogens (tertiary/aromatic N) is 2. The number of hydrogen-bond acceptors (Lipinski definition) is 4. The molecule has 0 fully saturated rings. The molecule has 1 N–H and O–H groups in total. The Morgan fingerprint density at radius 1 is 1.29 bits per heavy atom. The molecule has 0 aliphatic carbocycles. The smallest absolute Gasteiger partial charge is 0.305 e. The zero-order chi connectivity index (χ0) is 15.1. The quantitative estimate of drug-likeness (QED) is 0.812. The predicted molar refractivity (Wildman–Crippen MR) is 86.1 cm³/mol. The van der Waals surface area contributed by atoms with Crippen LogP contribution in [-0.2, 0) is 11.2 Å². The Hall–Kier alpha value is -1.88. The number of aryl methyl sites for hydroxylation is 2. The first kappa shape index (κ1) is 15.5. The summed E-state index contributed by atoms with van der Waals surface area (Å²) in [5.41, 5.74) is 2.30. The fourth-order valence-corrected chi connectivity index (χ4v) is 3.00. The van der Waals surface area contributed by atoms with Crippen LogP contribution in [-0.4, -0.2) is 29.1 Å². The number of aliphatic carboxylic acids is 1. The second-order valence-corrected chi connectivity index (χ2v) is 5.83. The summed E-state index contributed by atoms with van der Waals surface area (Å²) in [6.07, 6.45) is 2.13. The zero-order valence-electron chi connectivity index (χ0n) is 12.2. The SMILES string of the molecule is Cc1csc(N(CCCc2ccccc2)CCC(=O)O)n1. The van der Waals surface area contributed by atoms with E-state index in [1.165, 1.54) is 5.56 Å². The van der Waals surface area contributed by atoms with Crippen molar-refractivity contribution in [3.8, 4) is 0 Å². The number of carboxylic acids is 1. The highest BCUT2D eigenvalue weighted by Crippen LogP contribution is 2.21. The van der Waals surface area contributed by atoms with Crippen LogP contribution in [0, 0.1) is 6.92 Å². The summed E-state index contributed by atoms with van der Waals surface area (Å²) in [7, 11) is 0. The van der Waals surface area contributed by atoms with Crippen LogP contribution in [0.1, 0.15) is 24.1 Å². The maximum atomic E-state index is 10.8. The molecule has 1 heterocycles. The van der Waals surface area contributed by atoms with Gasteiger partial charge in [-0.25, -0.2) is 4.98 Å². The van der Waals surface area contributed by atoms with E-state index in [1.807, 2.05) is 30.5 Å². The molecule has 0 amide bonds. The van der Waals surface area contributed by atoms with E-state index in [0.717, 1.165) is 30.2 Å². The average Bonchev–Trinajstić information content (AvgIpc) is 2.90. The summed E-state index contributed by atoms with van der Waals surface area (Å²) in [5.74, 6) is -0.767. The third-order valence-corrected chi connectivity index (χ3v) is 4.23. The second-order valence-electron chi connectivity index (χ2n) is 4.99. The van der Waals surface area contributed by atoms with Crippen molar-refractivity contribution in [1.82, 2.24) is 4.98 Å². The summed E-state index contributed by atoms with van der Waals surface area (Å²) < 4.78 is 0. The Balaban J connectivity index is 1.91. The van der Waals surface area contributed by atoms with Crippen LogP contribution in [0.3, 0.4) is 0 Å². The standard InChI is InChI=1S/C16H20N2O2S/c1-13-12-21-16(17-13)18(11-9-15(19)20)10-5-8-14-6-3-2-4-7-14/h2-4,6-7,12H,5,8-11H2,1H3,(H,19,20). The Labute approximate surface area is 129 Å².